The second kappa shape index (κ2) is 5.48. The Morgan fingerprint density at radius 1 is 1.40 bits per heavy atom. The minimum Gasteiger partial charge on any atom is -0.387 e. The van der Waals surface area contributed by atoms with Crippen LogP contribution in [-0.2, 0) is 0 Å². The first-order valence-electron chi connectivity index (χ1n) is 5.08. The molecule has 0 spiro atoms. The predicted molar refractivity (Wildman–Crippen MR) is 73.4 cm³/mol. The normalized spacial score (nSPS) is 18.0. The molecule has 0 atom stereocenters. The Hall–Kier alpha value is 0.160. The van der Waals surface area contributed by atoms with Gasteiger partial charge in [-0.1, -0.05) is 0 Å². The van der Waals surface area contributed by atoms with E-state index in [0.29, 0.717) is 0 Å². The third kappa shape index (κ3) is 3.06. The number of nitrogens with one attached hydrogen (secondary N) is 1. The first-order chi connectivity index (χ1) is 7.29. The van der Waals surface area contributed by atoms with E-state index in [-0.39, 0.29) is 0 Å². The van der Waals surface area contributed by atoms with Crippen LogP contribution in [0.25, 0.3) is 0 Å². The fourth-order valence-corrected chi connectivity index (χ4v) is 5.03. The van der Waals surface area contributed by atoms with E-state index >= 15 is 0 Å². The molecule has 2 heterocycles. The molecule has 15 heavy (non-hydrogen) atoms. The molecular formula is C10H16N2S3. The molecule has 0 unspecified atom stereocenters. The Labute approximate surface area is 104 Å². The van der Waals surface area contributed by atoms with Crippen molar-refractivity contribution in [2.24, 2.45) is 0 Å². The molecule has 0 radical (unpaired) electrons. The highest BCUT2D eigenvalue weighted by Gasteiger charge is 2.13. The Balaban J connectivity index is 1.97. The molecule has 1 aromatic rings. The Morgan fingerprint density at radius 2 is 2.13 bits per heavy atom. The standard InChI is InChI=1S/C10H16N2S3/c1-8-9(11-2)7-10(14-8)15-12-3-5-13-6-4-12/h7,11H,3-6H2,1-2H3. The first-order valence-corrected chi connectivity index (χ1v) is 7.83. The van der Waals surface area contributed by atoms with Crippen molar-refractivity contribution in [3.05, 3.63) is 10.9 Å². The van der Waals surface area contributed by atoms with Gasteiger partial charge in [0.25, 0.3) is 0 Å². The van der Waals surface area contributed by atoms with Crippen molar-refractivity contribution < 1.29 is 0 Å². The summed E-state index contributed by atoms with van der Waals surface area (Å²) in [7, 11) is 1.99. The van der Waals surface area contributed by atoms with Gasteiger partial charge in [-0.05, 0) is 24.9 Å². The van der Waals surface area contributed by atoms with Crippen LogP contribution in [-0.4, -0.2) is 35.9 Å². The monoisotopic (exact) mass is 260 g/mol. The SMILES string of the molecule is CNc1cc(SN2CCSCC2)sc1C. The van der Waals surface area contributed by atoms with Gasteiger partial charge in [-0.2, -0.15) is 11.8 Å². The maximum Gasteiger partial charge on any atom is 0.0777 e. The fourth-order valence-electron chi connectivity index (χ4n) is 1.51. The van der Waals surface area contributed by atoms with Crippen LogP contribution in [0.1, 0.15) is 4.88 Å². The van der Waals surface area contributed by atoms with E-state index in [4.69, 9.17) is 0 Å². The van der Waals surface area contributed by atoms with Gasteiger partial charge in [-0.3, -0.25) is 0 Å². The van der Waals surface area contributed by atoms with E-state index < -0.39 is 0 Å². The molecule has 2 rings (SSSR count). The second-order valence-corrected chi connectivity index (χ2v) is 7.30. The lowest BCUT2D eigenvalue weighted by Gasteiger charge is -2.23. The van der Waals surface area contributed by atoms with Crippen LogP contribution in [0.5, 0.6) is 0 Å². The summed E-state index contributed by atoms with van der Waals surface area (Å²) in [6.45, 7) is 4.59. The molecular weight excluding hydrogens is 244 g/mol. The third-order valence-corrected chi connectivity index (χ3v) is 5.54. The molecule has 0 aliphatic carbocycles. The Morgan fingerprint density at radius 3 is 2.73 bits per heavy atom. The van der Waals surface area contributed by atoms with E-state index in [9.17, 15) is 0 Å². The molecule has 84 valence electrons. The molecule has 1 N–H and O–H groups in total. The summed E-state index contributed by atoms with van der Waals surface area (Å²) in [4.78, 5) is 1.38. The van der Waals surface area contributed by atoms with Gasteiger partial charge in [0.1, 0.15) is 0 Å². The van der Waals surface area contributed by atoms with Crippen molar-refractivity contribution >= 4 is 40.7 Å². The highest BCUT2D eigenvalue weighted by Crippen LogP contribution is 2.35. The van der Waals surface area contributed by atoms with E-state index in [1.807, 2.05) is 30.3 Å². The Kier molecular flexibility index (Phi) is 4.25. The van der Waals surface area contributed by atoms with Gasteiger partial charge in [-0.25, -0.2) is 4.31 Å². The number of rotatable bonds is 3. The number of thiophene rings is 1. The average molecular weight is 260 g/mol. The largest absolute Gasteiger partial charge is 0.387 e. The van der Waals surface area contributed by atoms with Crippen LogP contribution in [0.15, 0.2) is 10.3 Å². The number of thioether (sulfide) groups is 1. The summed E-state index contributed by atoms with van der Waals surface area (Å²) in [5, 5.41) is 3.23. The van der Waals surface area contributed by atoms with Crippen LogP contribution in [0.3, 0.4) is 0 Å². The fraction of sp³-hybridized carbons (Fsp3) is 0.600. The summed E-state index contributed by atoms with van der Waals surface area (Å²) < 4.78 is 3.88. The lowest BCUT2D eigenvalue weighted by Crippen LogP contribution is -2.25. The van der Waals surface area contributed by atoms with E-state index in [1.54, 1.807) is 0 Å². The average Bonchev–Trinajstić information content (AvgIpc) is 2.60. The van der Waals surface area contributed by atoms with Gasteiger partial charge < -0.3 is 5.32 Å². The van der Waals surface area contributed by atoms with Gasteiger partial charge in [-0.15, -0.1) is 11.3 Å². The molecule has 0 amide bonds. The number of aryl methyl sites for hydroxylation is 1. The van der Waals surface area contributed by atoms with Gasteiger partial charge in [0.2, 0.25) is 0 Å². The maximum absolute atomic E-state index is 3.23. The van der Waals surface area contributed by atoms with Crippen molar-refractivity contribution in [1.29, 1.82) is 0 Å². The molecule has 0 aromatic carbocycles. The zero-order valence-electron chi connectivity index (χ0n) is 9.08. The molecule has 1 saturated heterocycles. The molecule has 1 fully saturated rings. The molecule has 2 nitrogen and oxygen atoms in total. The van der Waals surface area contributed by atoms with Crippen molar-refractivity contribution in [2.45, 2.75) is 11.1 Å². The number of nitrogens with zero attached hydrogens (tertiary/aromatic N) is 1. The summed E-state index contributed by atoms with van der Waals surface area (Å²) in [6, 6.07) is 2.26. The van der Waals surface area contributed by atoms with Crippen LogP contribution < -0.4 is 5.32 Å². The van der Waals surface area contributed by atoms with Gasteiger partial charge in [0, 0.05) is 42.2 Å². The van der Waals surface area contributed by atoms with Gasteiger partial charge in [0.05, 0.1) is 4.21 Å². The predicted octanol–water partition coefficient (Wildman–Crippen LogP) is 3.15. The number of anilines is 1. The topological polar surface area (TPSA) is 15.3 Å². The minimum absolute atomic E-state index is 1.21. The van der Waals surface area contributed by atoms with Crippen molar-refractivity contribution in [2.75, 3.05) is 37.0 Å². The van der Waals surface area contributed by atoms with Crippen LogP contribution >= 0.6 is 35.0 Å². The quantitative estimate of drug-likeness (QED) is 0.839. The van der Waals surface area contributed by atoms with Crippen molar-refractivity contribution in [3.8, 4) is 0 Å². The van der Waals surface area contributed by atoms with E-state index in [0.717, 1.165) is 0 Å². The summed E-state index contributed by atoms with van der Waals surface area (Å²) in [5.41, 5.74) is 1.27. The molecule has 1 aromatic heterocycles. The maximum atomic E-state index is 3.23. The number of hydrogen-bond donors (Lipinski definition) is 1. The summed E-state index contributed by atoms with van der Waals surface area (Å²) >= 11 is 5.86. The minimum atomic E-state index is 1.21. The van der Waals surface area contributed by atoms with Gasteiger partial charge in [0.15, 0.2) is 0 Å². The molecule has 5 heteroatoms. The van der Waals surface area contributed by atoms with E-state index in [1.165, 1.54) is 39.4 Å². The highest BCUT2D eigenvalue weighted by molar-refractivity contribution is 8.00. The summed E-state index contributed by atoms with van der Waals surface area (Å²) in [5.74, 6) is 2.55. The molecule has 0 bridgehead atoms. The summed E-state index contributed by atoms with van der Waals surface area (Å²) in [6.07, 6.45) is 0. The van der Waals surface area contributed by atoms with Crippen LogP contribution in [0.2, 0.25) is 0 Å². The van der Waals surface area contributed by atoms with Crippen LogP contribution in [0, 0.1) is 6.92 Å². The highest BCUT2D eigenvalue weighted by atomic mass is 32.2. The molecule has 1 aliphatic heterocycles. The van der Waals surface area contributed by atoms with Crippen molar-refractivity contribution in [1.82, 2.24) is 4.31 Å². The molecule has 0 saturated carbocycles. The Bertz CT molecular complexity index is 318. The molecule has 1 aliphatic rings. The van der Waals surface area contributed by atoms with Gasteiger partial charge >= 0.3 is 0 Å². The lowest BCUT2D eigenvalue weighted by molar-refractivity contribution is 0.522. The van der Waals surface area contributed by atoms with Crippen molar-refractivity contribution in [3.63, 3.8) is 0 Å². The smallest absolute Gasteiger partial charge is 0.0777 e. The first kappa shape index (κ1) is 11.6. The zero-order chi connectivity index (χ0) is 10.7. The van der Waals surface area contributed by atoms with Crippen LogP contribution in [0.4, 0.5) is 5.69 Å². The third-order valence-electron chi connectivity index (χ3n) is 2.35. The van der Waals surface area contributed by atoms with E-state index in [2.05, 4.69) is 34.4 Å². The number of hydrogen-bond acceptors (Lipinski definition) is 5. The zero-order valence-corrected chi connectivity index (χ0v) is 11.5. The lowest BCUT2D eigenvalue weighted by atomic mass is 10.4. The second-order valence-electron chi connectivity index (χ2n) is 3.42.